The van der Waals surface area contributed by atoms with Crippen LogP contribution in [0.5, 0.6) is 0 Å². The monoisotopic (exact) mass is 528 g/mol. The molecule has 6 heteroatoms. The lowest BCUT2D eigenvalue weighted by molar-refractivity contribution is -0.243. The van der Waals surface area contributed by atoms with Crippen LogP contribution in [-0.4, -0.2) is 36.2 Å². The molecule has 0 N–H and O–H groups in total. The van der Waals surface area contributed by atoms with Crippen LogP contribution in [0.4, 0.5) is 0 Å². The second-order valence-corrected chi connectivity index (χ2v) is 14.0. The summed E-state index contributed by atoms with van der Waals surface area (Å²) in [4.78, 5) is 38.1. The predicted molar refractivity (Wildman–Crippen MR) is 144 cm³/mol. The van der Waals surface area contributed by atoms with Crippen molar-refractivity contribution in [2.75, 3.05) is 0 Å². The number of hydrogen-bond donors (Lipinski definition) is 0. The van der Waals surface area contributed by atoms with Crippen LogP contribution in [0.1, 0.15) is 113 Å². The molecular formula is C32H48O6. The van der Waals surface area contributed by atoms with Gasteiger partial charge in [-0.1, -0.05) is 41.5 Å². The fourth-order valence-corrected chi connectivity index (χ4v) is 10.8. The zero-order valence-corrected chi connectivity index (χ0v) is 24.8. The van der Waals surface area contributed by atoms with E-state index in [0.717, 1.165) is 62.5 Å². The third kappa shape index (κ3) is 3.60. The Kier molecular flexibility index (Phi) is 6.63. The smallest absolute Gasteiger partial charge is 0.335 e. The molecule has 0 bridgehead atoms. The van der Waals surface area contributed by atoms with E-state index in [1.165, 1.54) is 6.92 Å². The van der Waals surface area contributed by atoms with Crippen LogP contribution in [0.25, 0.3) is 0 Å². The molecule has 0 saturated heterocycles. The molecule has 4 aliphatic carbocycles. The zero-order chi connectivity index (χ0) is 27.8. The molecule has 0 aromatic heterocycles. The van der Waals surface area contributed by atoms with Crippen LogP contribution in [0.3, 0.4) is 0 Å². The minimum atomic E-state index is -0.544. The first kappa shape index (κ1) is 27.7. The molecule has 0 aromatic carbocycles. The lowest BCUT2D eigenvalue weighted by Gasteiger charge is -2.70. The van der Waals surface area contributed by atoms with Gasteiger partial charge in [-0.2, -0.15) is 0 Å². The Morgan fingerprint density at radius 2 is 1.58 bits per heavy atom. The molecule has 0 radical (unpaired) electrons. The van der Waals surface area contributed by atoms with Gasteiger partial charge >= 0.3 is 17.9 Å². The van der Waals surface area contributed by atoms with Crippen LogP contribution < -0.4 is 0 Å². The average Bonchev–Trinajstić information content (AvgIpc) is 3.15. The SMILES string of the molecule is CCC(=O)O[C@@H]1CC[C@@]2(C)[C@@H](CC[C@]3(C)[C@@H]2C[C@H](OC(C)=O)[C@]2(C)C4=C(CC[C@@H]32)[C@H](C)OC4=O)[C@@]1(C)CC. The molecule has 10 atom stereocenters. The fraction of sp³-hybridized carbons (Fsp3) is 0.844. The summed E-state index contributed by atoms with van der Waals surface area (Å²) >= 11 is 0. The molecule has 0 spiro atoms. The zero-order valence-electron chi connectivity index (χ0n) is 24.8. The minimum Gasteiger partial charge on any atom is -0.462 e. The van der Waals surface area contributed by atoms with Gasteiger partial charge in [-0.3, -0.25) is 9.59 Å². The highest BCUT2D eigenvalue weighted by molar-refractivity contribution is 5.94. The highest BCUT2D eigenvalue weighted by Crippen LogP contribution is 2.74. The number of esters is 3. The third-order valence-corrected chi connectivity index (χ3v) is 12.6. The van der Waals surface area contributed by atoms with E-state index >= 15 is 0 Å². The van der Waals surface area contributed by atoms with E-state index in [9.17, 15) is 14.4 Å². The molecule has 6 nitrogen and oxygen atoms in total. The lowest BCUT2D eigenvalue weighted by Crippen LogP contribution is -2.67. The van der Waals surface area contributed by atoms with E-state index in [-0.39, 0.29) is 58.4 Å². The summed E-state index contributed by atoms with van der Waals surface area (Å²) in [5, 5.41) is 0. The van der Waals surface area contributed by atoms with Crippen LogP contribution in [0.2, 0.25) is 0 Å². The van der Waals surface area contributed by atoms with Crippen molar-refractivity contribution in [3.8, 4) is 0 Å². The Bertz CT molecular complexity index is 1060. The lowest BCUT2D eigenvalue weighted by atomic mass is 9.34. The first-order valence-electron chi connectivity index (χ1n) is 15.1. The van der Waals surface area contributed by atoms with Gasteiger partial charge in [0.1, 0.15) is 18.3 Å². The summed E-state index contributed by atoms with van der Waals surface area (Å²) in [6, 6.07) is 0. The van der Waals surface area contributed by atoms with Gasteiger partial charge in [0.05, 0.1) is 0 Å². The average molecular weight is 529 g/mol. The summed E-state index contributed by atoms with van der Waals surface area (Å²) in [6.07, 6.45) is 7.41. The van der Waals surface area contributed by atoms with Crippen molar-refractivity contribution in [2.24, 2.45) is 39.4 Å². The number of fused-ring (bicyclic) bond motifs is 6. The molecule has 5 rings (SSSR count). The van der Waals surface area contributed by atoms with Crippen molar-refractivity contribution in [2.45, 2.75) is 131 Å². The third-order valence-electron chi connectivity index (χ3n) is 12.6. The Balaban J connectivity index is 1.58. The van der Waals surface area contributed by atoms with E-state index in [0.29, 0.717) is 18.3 Å². The molecule has 0 amide bonds. The predicted octanol–water partition coefficient (Wildman–Crippen LogP) is 6.55. The number of cyclic esters (lactones) is 1. The second kappa shape index (κ2) is 9.09. The molecule has 0 unspecified atom stereocenters. The van der Waals surface area contributed by atoms with Crippen LogP contribution >= 0.6 is 0 Å². The van der Waals surface area contributed by atoms with Crippen LogP contribution in [0, 0.1) is 39.4 Å². The van der Waals surface area contributed by atoms with Gasteiger partial charge in [0.25, 0.3) is 0 Å². The first-order valence-corrected chi connectivity index (χ1v) is 15.1. The van der Waals surface area contributed by atoms with Crippen LogP contribution in [0.15, 0.2) is 11.1 Å². The summed E-state index contributed by atoms with van der Waals surface area (Å²) in [5.74, 6) is 0.398. The van der Waals surface area contributed by atoms with Gasteiger partial charge in [-0.15, -0.1) is 0 Å². The molecule has 1 aliphatic heterocycles. The van der Waals surface area contributed by atoms with Crippen molar-refractivity contribution in [1.29, 1.82) is 0 Å². The van der Waals surface area contributed by atoms with Crippen molar-refractivity contribution in [3.05, 3.63) is 11.1 Å². The number of rotatable bonds is 4. The van der Waals surface area contributed by atoms with E-state index in [2.05, 4.69) is 34.6 Å². The topological polar surface area (TPSA) is 78.9 Å². The van der Waals surface area contributed by atoms with E-state index in [1.807, 2.05) is 13.8 Å². The van der Waals surface area contributed by atoms with Crippen molar-refractivity contribution < 1.29 is 28.6 Å². The Morgan fingerprint density at radius 1 is 0.921 bits per heavy atom. The molecule has 1 heterocycles. The van der Waals surface area contributed by atoms with Crippen molar-refractivity contribution in [3.63, 3.8) is 0 Å². The van der Waals surface area contributed by atoms with Gasteiger partial charge in [0, 0.05) is 29.7 Å². The number of hydrogen-bond acceptors (Lipinski definition) is 6. The molecule has 3 saturated carbocycles. The summed E-state index contributed by atoms with van der Waals surface area (Å²) in [6.45, 7) is 17.0. The molecule has 0 aromatic rings. The molecule has 5 aliphatic rings. The Hall–Kier alpha value is -1.85. The highest BCUT2D eigenvalue weighted by atomic mass is 16.6. The summed E-state index contributed by atoms with van der Waals surface area (Å²) in [7, 11) is 0. The van der Waals surface area contributed by atoms with Gasteiger partial charge < -0.3 is 14.2 Å². The highest BCUT2D eigenvalue weighted by Gasteiger charge is 2.71. The van der Waals surface area contributed by atoms with Gasteiger partial charge in [-0.05, 0) is 92.4 Å². The summed E-state index contributed by atoms with van der Waals surface area (Å²) in [5.41, 5.74) is 1.33. The molecule has 38 heavy (non-hydrogen) atoms. The second-order valence-electron chi connectivity index (χ2n) is 14.0. The van der Waals surface area contributed by atoms with E-state index in [1.54, 1.807) is 0 Å². The van der Waals surface area contributed by atoms with Gasteiger partial charge in [-0.25, -0.2) is 4.79 Å². The van der Waals surface area contributed by atoms with Crippen molar-refractivity contribution >= 4 is 17.9 Å². The largest absolute Gasteiger partial charge is 0.462 e. The normalized spacial score (nSPS) is 47.7. The molecular weight excluding hydrogens is 480 g/mol. The minimum absolute atomic E-state index is 0.0167. The Labute approximate surface area is 228 Å². The van der Waals surface area contributed by atoms with E-state index in [4.69, 9.17) is 14.2 Å². The summed E-state index contributed by atoms with van der Waals surface area (Å²) < 4.78 is 18.0. The number of carbonyl (C=O) groups excluding carboxylic acids is 3. The van der Waals surface area contributed by atoms with Crippen molar-refractivity contribution in [1.82, 2.24) is 0 Å². The first-order chi connectivity index (χ1) is 17.8. The Morgan fingerprint density at radius 3 is 2.21 bits per heavy atom. The molecule has 3 fully saturated rings. The standard InChI is InChI=1S/C32H48O6/c1-9-26(34)38-24-14-16-30(6)21(29(24,5)10-2)13-15-31(7)22-12-11-20-18(3)36-28(35)27(20)32(22,8)25(17-23(30)31)37-19(4)33/h18,21-25H,9-17H2,1-8H3/t18-,21-,22-,23+,24+,25-,29+,30-,31-,32+/m0/s1. The van der Waals surface area contributed by atoms with Crippen LogP contribution in [-0.2, 0) is 28.6 Å². The quantitative estimate of drug-likeness (QED) is 0.304. The maximum Gasteiger partial charge on any atom is 0.335 e. The van der Waals surface area contributed by atoms with E-state index < -0.39 is 5.41 Å². The van der Waals surface area contributed by atoms with Gasteiger partial charge in [0.15, 0.2) is 0 Å². The maximum atomic E-state index is 13.3. The maximum absolute atomic E-state index is 13.3. The number of ether oxygens (including phenoxy) is 3. The number of carbonyl (C=O) groups is 3. The van der Waals surface area contributed by atoms with Gasteiger partial charge in [0.2, 0.25) is 0 Å². The fourth-order valence-electron chi connectivity index (χ4n) is 10.8. The molecule has 212 valence electrons.